The predicted molar refractivity (Wildman–Crippen MR) is 79.1 cm³/mol. The molecule has 2 saturated carbocycles. The molecule has 2 fully saturated rings. The second-order valence-corrected chi connectivity index (χ2v) is 6.60. The fourth-order valence-corrected chi connectivity index (χ4v) is 3.07. The highest BCUT2D eigenvalue weighted by atomic mass is 16.5. The molecule has 0 aromatic rings. The van der Waals surface area contributed by atoms with E-state index in [2.05, 4.69) is 11.9 Å². The van der Waals surface area contributed by atoms with Gasteiger partial charge in [0.25, 0.3) is 0 Å². The van der Waals surface area contributed by atoms with Crippen molar-refractivity contribution < 1.29 is 9.53 Å². The molecule has 0 aliphatic heterocycles. The summed E-state index contributed by atoms with van der Waals surface area (Å²) in [7, 11) is 2.10. The van der Waals surface area contributed by atoms with Crippen molar-refractivity contribution in [1.82, 2.24) is 4.90 Å². The number of amides is 1. The summed E-state index contributed by atoms with van der Waals surface area (Å²) in [6.45, 7) is 3.60. The maximum Gasteiger partial charge on any atom is 0.237 e. The number of carbonyl (C=O) groups is 1. The predicted octanol–water partition coefficient (Wildman–Crippen LogP) is 0.718. The first-order valence-corrected chi connectivity index (χ1v) is 7.87. The highest BCUT2D eigenvalue weighted by Crippen LogP contribution is 2.35. The molecule has 20 heavy (non-hydrogen) atoms. The largest absolute Gasteiger partial charge is 0.380 e. The Morgan fingerprint density at radius 3 is 2.75 bits per heavy atom. The number of carbonyl (C=O) groups excluding carboxylic acids is 1. The third kappa shape index (κ3) is 4.17. The van der Waals surface area contributed by atoms with E-state index >= 15 is 0 Å². The van der Waals surface area contributed by atoms with Gasteiger partial charge in [0.2, 0.25) is 5.91 Å². The molecule has 2 aliphatic rings. The summed E-state index contributed by atoms with van der Waals surface area (Å²) in [5, 5.41) is 0. The lowest BCUT2D eigenvalue weighted by Gasteiger charge is -2.29. The molecule has 116 valence electrons. The van der Waals surface area contributed by atoms with E-state index in [4.69, 9.17) is 16.2 Å². The maximum atomic E-state index is 11.5. The van der Waals surface area contributed by atoms with Gasteiger partial charge >= 0.3 is 0 Å². The van der Waals surface area contributed by atoms with Crippen LogP contribution in [0, 0.1) is 11.8 Å². The van der Waals surface area contributed by atoms with Crippen LogP contribution in [0.3, 0.4) is 0 Å². The molecule has 2 aliphatic carbocycles. The van der Waals surface area contributed by atoms with Crippen molar-refractivity contribution in [2.24, 2.45) is 23.3 Å². The minimum atomic E-state index is -0.774. The minimum Gasteiger partial charge on any atom is -0.380 e. The number of hydrogen-bond donors (Lipinski definition) is 2. The van der Waals surface area contributed by atoms with Gasteiger partial charge in [-0.3, -0.25) is 4.79 Å². The number of ether oxygens (including phenoxy) is 1. The van der Waals surface area contributed by atoms with Gasteiger partial charge < -0.3 is 21.1 Å². The Bertz CT molecular complexity index is 333. The van der Waals surface area contributed by atoms with Gasteiger partial charge in [-0.05, 0) is 57.5 Å². The Hall–Kier alpha value is -0.650. The average molecular weight is 283 g/mol. The molecular formula is C15H29N3O2. The van der Waals surface area contributed by atoms with Gasteiger partial charge in [-0.2, -0.15) is 0 Å². The Morgan fingerprint density at radius 2 is 2.10 bits per heavy atom. The van der Waals surface area contributed by atoms with Crippen LogP contribution in [0.4, 0.5) is 0 Å². The van der Waals surface area contributed by atoms with Crippen molar-refractivity contribution in [1.29, 1.82) is 0 Å². The highest BCUT2D eigenvalue weighted by Gasteiger charge is 2.43. The van der Waals surface area contributed by atoms with Crippen LogP contribution in [-0.2, 0) is 9.53 Å². The monoisotopic (exact) mass is 283 g/mol. The van der Waals surface area contributed by atoms with Crippen molar-refractivity contribution in [3.05, 3.63) is 0 Å². The molecule has 4 N–H and O–H groups in total. The molecule has 0 aromatic heterocycles. The van der Waals surface area contributed by atoms with Crippen LogP contribution in [0.15, 0.2) is 0 Å². The SMILES string of the molecule is CN(CCOCC1CC1)CCC1CCCC1(N)C(N)=O. The van der Waals surface area contributed by atoms with Crippen LogP contribution in [0.2, 0.25) is 0 Å². The third-order valence-electron chi connectivity index (χ3n) is 4.86. The van der Waals surface area contributed by atoms with E-state index in [1.165, 1.54) is 12.8 Å². The number of hydrogen-bond acceptors (Lipinski definition) is 4. The van der Waals surface area contributed by atoms with Crippen LogP contribution in [0.5, 0.6) is 0 Å². The first-order valence-electron chi connectivity index (χ1n) is 7.87. The molecule has 5 heteroatoms. The van der Waals surface area contributed by atoms with E-state index in [-0.39, 0.29) is 11.8 Å². The van der Waals surface area contributed by atoms with E-state index in [9.17, 15) is 4.79 Å². The molecule has 2 rings (SSSR count). The van der Waals surface area contributed by atoms with E-state index in [1.54, 1.807) is 0 Å². The Labute approximate surface area is 122 Å². The van der Waals surface area contributed by atoms with Crippen LogP contribution in [0.25, 0.3) is 0 Å². The number of rotatable bonds is 9. The number of primary amides is 1. The molecular weight excluding hydrogens is 254 g/mol. The van der Waals surface area contributed by atoms with Gasteiger partial charge in [0.1, 0.15) is 0 Å². The Balaban J connectivity index is 1.61. The van der Waals surface area contributed by atoms with Crippen molar-refractivity contribution in [3.8, 4) is 0 Å². The first-order chi connectivity index (χ1) is 9.52. The second kappa shape index (κ2) is 6.87. The molecule has 0 saturated heterocycles. The molecule has 2 atom stereocenters. The Morgan fingerprint density at radius 1 is 1.35 bits per heavy atom. The summed E-state index contributed by atoms with van der Waals surface area (Å²) in [6, 6.07) is 0. The molecule has 1 amide bonds. The molecule has 0 heterocycles. The van der Waals surface area contributed by atoms with Crippen molar-refractivity contribution in [2.45, 2.75) is 44.1 Å². The van der Waals surface area contributed by atoms with Gasteiger partial charge in [-0.1, -0.05) is 6.42 Å². The van der Waals surface area contributed by atoms with Crippen LogP contribution in [0.1, 0.15) is 38.5 Å². The van der Waals surface area contributed by atoms with E-state index in [0.29, 0.717) is 0 Å². The molecule has 0 bridgehead atoms. The fourth-order valence-electron chi connectivity index (χ4n) is 3.07. The molecule has 2 unspecified atom stereocenters. The topological polar surface area (TPSA) is 81.6 Å². The summed E-state index contributed by atoms with van der Waals surface area (Å²) in [5.74, 6) is 0.720. The molecule has 0 radical (unpaired) electrons. The van der Waals surface area contributed by atoms with Crippen LogP contribution < -0.4 is 11.5 Å². The molecule has 5 nitrogen and oxygen atoms in total. The van der Waals surface area contributed by atoms with Crippen molar-refractivity contribution in [3.63, 3.8) is 0 Å². The fraction of sp³-hybridized carbons (Fsp3) is 0.933. The zero-order valence-corrected chi connectivity index (χ0v) is 12.6. The summed E-state index contributed by atoms with van der Waals surface area (Å²) < 4.78 is 5.64. The molecule has 0 aromatic carbocycles. The summed E-state index contributed by atoms with van der Waals surface area (Å²) in [4.78, 5) is 13.8. The number of nitrogens with two attached hydrogens (primary N) is 2. The normalized spacial score (nSPS) is 30.1. The van der Waals surface area contributed by atoms with Crippen molar-refractivity contribution >= 4 is 5.91 Å². The van der Waals surface area contributed by atoms with Crippen LogP contribution in [-0.4, -0.2) is 49.7 Å². The molecule has 0 spiro atoms. The lowest BCUT2D eigenvalue weighted by molar-refractivity contribution is -0.124. The number of likely N-dealkylation sites (N-methyl/N-ethyl adjacent to an activating group) is 1. The highest BCUT2D eigenvalue weighted by molar-refractivity contribution is 5.85. The third-order valence-corrected chi connectivity index (χ3v) is 4.86. The number of nitrogens with zero attached hydrogens (tertiary/aromatic N) is 1. The van der Waals surface area contributed by atoms with Crippen molar-refractivity contribution in [2.75, 3.05) is 33.4 Å². The maximum absolute atomic E-state index is 11.5. The summed E-state index contributed by atoms with van der Waals surface area (Å²) in [5.41, 5.74) is 10.9. The average Bonchev–Trinajstić information content (AvgIpc) is 3.15. The Kier molecular flexibility index (Phi) is 5.41. The zero-order chi connectivity index (χ0) is 14.6. The minimum absolute atomic E-state index is 0.231. The lowest BCUT2D eigenvalue weighted by atomic mass is 9.85. The second-order valence-electron chi connectivity index (χ2n) is 6.60. The van der Waals surface area contributed by atoms with Crippen LogP contribution >= 0.6 is 0 Å². The van der Waals surface area contributed by atoms with Gasteiger partial charge in [-0.25, -0.2) is 0 Å². The quantitative estimate of drug-likeness (QED) is 0.611. The van der Waals surface area contributed by atoms with Gasteiger partial charge in [0, 0.05) is 13.2 Å². The van der Waals surface area contributed by atoms with Gasteiger partial charge in [-0.15, -0.1) is 0 Å². The van der Waals surface area contributed by atoms with Gasteiger partial charge in [0.05, 0.1) is 12.1 Å². The van der Waals surface area contributed by atoms with E-state index in [1.807, 2.05) is 0 Å². The lowest BCUT2D eigenvalue weighted by Crippen LogP contribution is -2.55. The van der Waals surface area contributed by atoms with E-state index in [0.717, 1.165) is 57.9 Å². The van der Waals surface area contributed by atoms with Gasteiger partial charge in [0.15, 0.2) is 0 Å². The smallest absolute Gasteiger partial charge is 0.237 e. The standard InChI is InChI=1S/C15H29N3O2/c1-18(9-10-20-11-12-4-5-12)8-6-13-3-2-7-15(13,17)14(16)19/h12-13H,2-11,17H2,1H3,(H2,16,19). The summed E-state index contributed by atoms with van der Waals surface area (Å²) >= 11 is 0. The first kappa shape index (κ1) is 15.7. The van der Waals surface area contributed by atoms with E-state index < -0.39 is 5.54 Å². The zero-order valence-electron chi connectivity index (χ0n) is 12.6. The summed E-state index contributed by atoms with van der Waals surface area (Å²) in [6.07, 6.45) is 6.38.